The van der Waals surface area contributed by atoms with Crippen LogP contribution in [0.1, 0.15) is 49.4 Å². The van der Waals surface area contributed by atoms with Crippen LogP contribution < -0.4 is 10.2 Å². The molecule has 5 nitrogen and oxygen atoms in total. The van der Waals surface area contributed by atoms with Gasteiger partial charge in [0.15, 0.2) is 5.13 Å². The third-order valence-electron chi connectivity index (χ3n) is 6.08. The average molecular weight is 399 g/mol. The van der Waals surface area contributed by atoms with E-state index in [4.69, 9.17) is 4.98 Å². The summed E-state index contributed by atoms with van der Waals surface area (Å²) in [6.07, 6.45) is 5.84. The average Bonchev–Trinajstić information content (AvgIpc) is 3.19. The van der Waals surface area contributed by atoms with E-state index in [0.717, 1.165) is 61.0 Å². The number of anilines is 1. The number of amides is 1. The summed E-state index contributed by atoms with van der Waals surface area (Å²) in [5, 5.41) is 6.47. The van der Waals surface area contributed by atoms with E-state index >= 15 is 0 Å². The molecule has 1 saturated heterocycles. The molecule has 1 aromatic carbocycles. The standard InChI is InChI=1S/C22H30N4OS/c1-22(10-4-3-5-11-22)24-20(27)18-8-6-17(7-9-18)19-16-28-21(23-19)26-14-12-25(2)13-15-26/h6-9,16H,3-5,10-15H2,1-2H3,(H,24,27). The summed E-state index contributed by atoms with van der Waals surface area (Å²) in [6.45, 7) is 6.39. The third-order valence-corrected chi connectivity index (χ3v) is 6.98. The Morgan fingerprint density at radius 1 is 1.07 bits per heavy atom. The zero-order valence-corrected chi connectivity index (χ0v) is 17.7. The second-order valence-electron chi connectivity index (χ2n) is 8.46. The summed E-state index contributed by atoms with van der Waals surface area (Å²) in [6, 6.07) is 7.87. The maximum absolute atomic E-state index is 12.7. The van der Waals surface area contributed by atoms with Crippen LogP contribution >= 0.6 is 11.3 Å². The number of piperazine rings is 1. The Kier molecular flexibility index (Phi) is 5.69. The Balaban J connectivity index is 1.41. The first-order valence-corrected chi connectivity index (χ1v) is 11.2. The fraction of sp³-hybridized carbons (Fsp3) is 0.545. The summed E-state index contributed by atoms with van der Waals surface area (Å²) in [5.74, 6) is 0.0346. The largest absolute Gasteiger partial charge is 0.347 e. The van der Waals surface area contributed by atoms with Crippen LogP contribution in [0.3, 0.4) is 0 Å². The predicted octanol–water partition coefficient (Wildman–Crippen LogP) is 4.01. The van der Waals surface area contributed by atoms with Crippen LogP contribution in [0.2, 0.25) is 0 Å². The molecule has 2 aliphatic rings. The summed E-state index contributed by atoms with van der Waals surface area (Å²) < 4.78 is 0. The van der Waals surface area contributed by atoms with Crippen LogP contribution in [0.4, 0.5) is 5.13 Å². The smallest absolute Gasteiger partial charge is 0.251 e. The van der Waals surface area contributed by atoms with Gasteiger partial charge in [-0.25, -0.2) is 4.98 Å². The molecule has 2 fully saturated rings. The molecule has 1 saturated carbocycles. The molecular weight excluding hydrogens is 368 g/mol. The first-order chi connectivity index (χ1) is 13.5. The van der Waals surface area contributed by atoms with Crippen molar-refractivity contribution in [2.75, 3.05) is 38.1 Å². The summed E-state index contributed by atoms with van der Waals surface area (Å²) in [4.78, 5) is 22.2. The van der Waals surface area contributed by atoms with Gasteiger partial charge in [-0.1, -0.05) is 31.4 Å². The summed E-state index contributed by atoms with van der Waals surface area (Å²) >= 11 is 1.70. The van der Waals surface area contributed by atoms with Gasteiger partial charge in [0.2, 0.25) is 0 Å². The molecule has 1 amide bonds. The van der Waals surface area contributed by atoms with E-state index in [1.54, 1.807) is 11.3 Å². The summed E-state index contributed by atoms with van der Waals surface area (Å²) in [5.41, 5.74) is 2.73. The molecular formula is C22H30N4OS. The maximum atomic E-state index is 12.7. The molecule has 2 aromatic rings. The van der Waals surface area contributed by atoms with Gasteiger partial charge in [-0.15, -0.1) is 11.3 Å². The minimum Gasteiger partial charge on any atom is -0.347 e. The number of aromatic nitrogens is 1. The first kappa shape index (κ1) is 19.4. The van der Waals surface area contributed by atoms with Gasteiger partial charge in [0.05, 0.1) is 5.69 Å². The highest BCUT2D eigenvalue weighted by molar-refractivity contribution is 7.14. The van der Waals surface area contributed by atoms with Gasteiger partial charge in [-0.2, -0.15) is 0 Å². The minimum atomic E-state index is -0.0552. The number of hydrogen-bond acceptors (Lipinski definition) is 5. The second-order valence-corrected chi connectivity index (χ2v) is 9.29. The van der Waals surface area contributed by atoms with E-state index in [9.17, 15) is 4.79 Å². The molecule has 0 unspecified atom stereocenters. The molecule has 1 aliphatic heterocycles. The number of benzene rings is 1. The van der Waals surface area contributed by atoms with Crippen molar-refractivity contribution < 1.29 is 4.79 Å². The molecule has 2 heterocycles. The minimum absolute atomic E-state index is 0.0346. The van der Waals surface area contributed by atoms with Crippen molar-refractivity contribution >= 4 is 22.4 Å². The van der Waals surface area contributed by atoms with Gasteiger partial charge >= 0.3 is 0 Å². The third kappa shape index (κ3) is 4.39. The van der Waals surface area contributed by atoms with E-state index in [2.05, 4.69) is 34.5 Å². The Labute approximate surface area is 171 Å². The number of likely N-dealkylation sites (N-methyl/N-ethyl adjacent to an activating group) is 1. The van der Waals surface area contributed by atoms with Crippen molar-refractivity contribution in [3.63, 3.8) is 0 Å². The fourth-order valence-electron chi connectivity index (χ4n) is 4.14. The lowest BCUT2D eigenvalue weighted by molar-refractivity contribution is 0.0882. The number of thiazole rings is 1. The van der Waals surface area contributed by atoms with Crippen molar-refractivity contribution in [2.45, 2.75) is 44.6 Å². The van der Waals surface area contributed by atoms with Crippen molar-refractivity contribution in [3.05, 3.63) is 35.2 Å². The molecule has 1 aliphatic carbocycles. The number of carbonyl (C=O) groups excluding carboxylic acids is 1. The lowest BCUT2D eigenvalue weighted by Crippen LogP contribution is -2.47. The van der Waals surface area contributed by atoms with Crippen molar-refractivity contribution in [1.82, 2.24) is 15.2 Å². The van der Waals surface area contributed by atoms with Crippen molar-refractivity contribution in [3.8, 4) is 11.3 Å². The van der Waals surface area contributed by atoms with Gasteiger partial charge in [-0.05, 0) is 38.9 Å². The lowest BCUT2D eigenvalue weighted by Gasteiger charge is -2.34. The zero-order chi connectivity index (χ0) is 19.6. The molecule has 0 atom stereocenters. The normalized spacial score (nSPS) is 20.1. The van der Waals surface area contributed by atoms with E-state index in [1.807, 2.05) is 24.3 Å². The zero-order valence-electron chi connectivity index (χ0n) is 16.9. The monoisotopic (exact) mass is 398 g/mol. The lowest BCUT2D eigenvalue weighted by atomic mass is 9.83. The van der Waals surface area contributed by atoms with Gasteiger partial charge in [0.25, 0.3) is 5.91 Å². The van der Waals surface area contributed by atoms with Crippen LogP contribution in [-0.4, -0.2) is 54.6 Å². The fourth-order valence-corrected chi connectivity index (χ4v) is 5.02. The van der Waals surface area contributed by atoms with Crippen molar-refractivity contribution in [2.24, 2.45) is 0 Å². The van der Waals surface area contributed by atoms with Crippen LogP contribution in [-0.2, 0) is 0 Å². The maximum Gasteiger partial charge on any atom is 0.251 e. The van der Waals surface area contributed by atoms with Gasteiger partial charge in [0, 0.05) is 48.2 Å². The van der Waals surface area contributed by atoms with Gasteiger partial charge in [0.1, 0.15) is 0 Å². The Hall–Kier alpha value is -1.92. The van der Waals surface area contributed by atoms with E-state index in [-0.39, 0.29) is 11.4 Å². The molecule has 0 radical (unpaired) electrons. The number of carbonyl (C=O) groups is 1. The van der Waals surface area contributed by atoms with Gasteiger partial charge in [-0.3, -0.25) is 4.79 Å². The van der Waals surface area contributed by atoms with Crippen LogP contribution in [0.5, 0.6) is 0 Å². The molecule has 0 spiro atoms. The highest BCUT2D eigenvalue weighted by Gasteiger charge is 2.28. The number of rotatable bonds is 4. The Bertz CT molecular complexity index is 802. The van der Waals surface area contributed by atoms with Gasteiger partial charge < -0.3 is 15.1 Å². The Morgan fingerprint density at radius 3 is 2.43 bits per heavy atom. The number of hydrogen-bond donors (Lipinski definition) is 1. The molecule has 0 bridgehead atoms. The van der Waals surface area contributed by atoms with Crippen LogP contribution in [0.25, 0.3) is 11.3 Å². The second kappa shape index (κ2) is 8.21. The molecule has 6 heteroatoms. The quantitative estimate of drug-likeness (QED) is 0.845. The number of nitrogens with zero attached hydrogens (tertiary/aromatic N) is 3. The highest BCUT2D eigenvalue weighted by Crippen LogP contribution is 2.29. The van der Waals surface area contributed by atoms with E-state index in [1.165, 1.54) is 19.3 Å². The van der Waals surface area contributed by atoms with Crippen LogP contribution in [0, 0.1) is 0 Å². The highest BCUT2D eigenvalue weighted by atomic mass is 32.1. The summed E-state index contributed by atoms with van der Waals surface area (Å²) in [7, 11) is 2.16. The van der Waals surface area contributed by atoms with Crippen LogP contribution in [0.15, 0.2) is 29.6 Å². The molecule has 1 aromatic heterocycles. The SMILES string of the molecule is CN1CCN(c2nc(-c3ccc(C(=O)NC4(C)CCCCC4)cc3)cs2)CC1. The molecule has 1 N–H and O–H groups in total. The van der Waals surface area contributed by atoms with E-state index < -0.39 is 0 Å². The molecule has 150 valence electrons. The predicted molar refractivity (Wildman–Crippen MR) is 116 cm³/mol. The molecule has 28 heavy (non-hydrogen) atoms. The first-order valence-electron chi connectivity index (χ1n) is 10.3. The Morgan fingerprint density at radius 2 is 1.75 bits per heavy atom. The van der Waals surface area contributed by atoms with Crippen molar-refractivity contribution in [1.29, 1.82) is 0 Å². The van der Waals surface area contributed by atoms with E-state index in [0.29, 0.717) is 0 Å². The molecule has 4 rings (SSSR count). The number of nitrogens with one attached hydrogen (secondary N) is 1. The topological polar surface area (TPSA) is 48.5 Å².